The Bertz CT molecular complexity index is 410. The van der Waals surface area contributed by atoms with E-state index in [1.165, 1.54) is 7.11 Å². The van der Waals surface area contributed by atoms with Crippen molar-refractivity contribution < 1.29 is 14.6 Å². The van der Waals surface area contributed by atoms with Crippen LogP contribution in [0, 0.1) is 11.8 Å². The summed E-state index contributed by atoms with van der Waals surface area (Å²) >= 11 is 0. The van der Waals surface area contributed by atoms with Crippen LogP contribution in [0.2, 0.25) is 0 Å². The third-order valence-corrected chi connectivity index (χ3v) is 3.50. The average molecular weight is 234 g/mol. The van der Waals surface area contributed by atoms with Gasteiger partial charge in [0.2, 0.25) is 0 Å². The highest BCUT2D eigenvalue weighted by atomic mass is 16.5. The van der Waals surface area contributed by atoms with Gasteiger partial charge in [-0.1, -0.05) is 19.1 Å². The van der Waals surface area contributed by atoms with E-state index in [2.05, 4.69) is 0 Å². The van der Waals surface area contributed by atoms with Crippen LogP contribution in [-0.2, 0) is 9.53 Å². The van der Waals surface area contributed by atoms with Crippen LogP contribution in [0.1, 0.15) is 31.2 Å². The van der Waals surface area contributed by atoms with Gasteiger partial charge in [-0.05, 0) is 42.4 Å². The molecule has 0 aromatic heterocycles. The van der Waals surface area contributed by atoms with Crippen LogP contribution in [0.25, 0.3) is 0 Å². The van der Waals surface area contributed by atoms with Gasteiger partial charge in [-0.15, -0.1) is 0 Å². The lowest BCUT2D eigenvalue weighted by molar-refractivity contribution is -0.145. The predicted molar refractivity (Wildman–Crippen MR) is 64.8 cm³/mol. The van der Waals surface area contributed by atoms with E-state index in [1.807, 2.05) is 19.1 Å². The van der Waals surface area contributed by atoms with Gasteiger partial charge in [0.25, 0.3) is 0 Å². The molecule has 0 heterocycles. The quantitative estimate of drug-likeness (QED) is 0.815. The standard InChI is InChI=1S/C14H18O3/c1-9(14(16)17-2)13(10-6-7-10)11-4-3-5-12(15)8-11/h3-5,8-10,13,15H,6-7H2,1-2H3/t9?,13-/m0/s1. The molecule has 1 aliphatic carbocycles. The van der Waals surface area contributed by atoms with Gasteiger partial charge in [0.05, 0.1) is 13.0 Å². The average Bonchev–Trinajstić information content (AvgIpc) is 3.12. The fourth-order valence-corrected chi connectivity index (χ4v) is 2.49. The van der Waals surface area contributed by atoms with Gasteiger partial charge < -0.3 is 9.84 Å². The van der Waals surface area contributed by atoms with Crippen molar-refractivity contribution in [3.63, 3.8) is 0 Å². The number of carbonyl (C=O) groups excluding carboxylic acids is 1. The van der Waals surface area contributed by atoms with Crippen molar-refractivity contribution in [3.8, 4) is 5.75 Å². The van der Waals surface area contributed by atoms with Crippen molar-refractivity contribution in [2.45, 2.75) is 25.7 Å². The van der Waals surface area contributed by atoms with Crippen molar-refractivity contribution in [2.75, 3.05) is 7.11 Å². The van der Waals surface area contributed by atoms with E-state index < -0.39 is 0 Å². The fraction of sp³-hybridized carbons (Fsp3) is 0.500. The molecule has 1 unspecified atom stereocenters. The summed E-state index contributed by atoms with van der Waals surface area (Å²) in [7, 11) is 1.42. The summed E-state index contributed by atoms with van der Waals surface area (Å²) in [6.07, 6.45) is 2.31. The molecule has 0 aliphatic heterocycles. The number of aromatic hydroxyl groups is 1. The zero-order chi connectivity index (χ0) is 12.4. The minimum Gasteiger partial charge on any atom is -0.508 e. The van der Waals surface area contributed by atoms with E-state index in [4.69, 9.17) is 4.74 Å². The van der Waals surface area contributed by atoms with Crippen LogP contribution in [0.4, 0.5) is 0 Å². The Kier molecular flexibility index (Phi) is 3.36. The van der Waals surface area contributed by atoms with Gasteiger partial charge >= 0.3 is 5.97 Å². The van der Waals surface area contributed by atoms with Crippen molar-refractivity contribution in [3.05, 3.63) is 29.8 Å². The number of methoxy groups -OCH3 is 1. The molecule has 0 spiro atoms. The summed E-state index contributed by atoms with van der Waals surface area (Å²) in [5.74, 6) is 0.630. The van der Waals surface area contributed by atoms with E-state index in [-0.39, 0.29) is 23.6 Å². The van der Waals surface area contributed by atoms with Gasteiger partial charge in [0.15, 0.2) is 0 Å². The Morgan fingerprint density at radius 1 is 1.47 bits per heavy atom. The molecule has 1 aromatic carbocycles. The van der Waals surface area contributed by atoms with Gasteiger partial charge in [0.1, 0.15) is 5.75 Å². The molecular formula is C14H18O3. The third kappa shape index (κ3) is 2.60. The summed E-state index contributed by atoms with van der Waals surface area (Å²) < 4.78 is 4.82. The topological polar surface area (TPSA) is 46.5 Å². The summed E-state index contributed by atoms with van der Waals surface area (Å²) in [5, 5.41) is 9.53. The van der Waals surface area contributed by atoms with Crippen LogP contribution < -0.4 is 0 Å². The van der Waals surface area contributed by atoms with E-state index in [9.17, 15) is 9.90 Å². The zero-order valence-electron chi connectivity index (χ0n) is 10.2. The first-order valence-electron chi connectivity index (χ1n) is 6.00. The molecule has 17 heavy (non-hydrogen) atoms. The smallest absolute Gasteiger partial charge is 0.309 e. The Morgan fingerprint density at radius 2 is 2.18 bits per heavy atom. The minimum absolute atomic E-state index is 0.158. The molecule has 1 fully saturated rings. The van der Waals surface area contributed by atoms with Crippen LogP contribution in [0.5, 0.6) is 5.75 Å². The number of esters is 1. The molecule has 1 aromatic rings. The first-order chi connectivity index (χ1) is 8.13. The molecule has 1 N–H and O–H groups in total. The molecule has 0 radical (unpaired) electrons. The molecule has 3 heteroatoms. The monoisotopic (exact) mass is 234 g/mol. The van der Waals surface area contributed by atoms with Crippen LogP contribution in [0.3, 0.4) is 0 Å². The van der Waals surface area contributed by atoms with Crippen molar-refractivity contribution in [1.29, 1.82) is 0 Å². The van der Waals surface area contributed by atoms with Gasteiger partial charge in [-0.2, -0.15) is 0 Å². The highest BCUT2D eigenvalue weighted by molar-refractivity contribution is 5.73. The molecule has 2 atom stereocenters. The lowest BCUT2D eigenvalue weighted by Crippen LogP contribution is -2.22. The summed E-state index contributed by atoms with van der Waals surface area (Å²) in [6.45, 7) is 1.90. The summed E-state index contributed by atoms with van der Waals surface area (Å²) in [5.41, 5.74) is 1.03. The molecule has 0 bridgehead atoms. The summed E-state index contributed by atoms with van der Waals surface area (Å²) in [6, 6.07) is 7.20. The van der Waals surface area contributed by atoms with Gasteiger partial charge in [0, 0.05) is 0 Å². The lowest BCUT2D eigenvalue weighted by atomic mass is 9.83. The number of benzene rings is 1. The molecular weight excluding hydrogens is 216 g/mol. The predicted octanol–water partition coefficient (Wildman–Crippen LogP) is 2.69. The molecule has 1 aliphatic rings. The maximum absolute atomic E-state index is 11.7. The highest BCUT2D eigenvalue weighted by Crippen LogP contribution is 2.47. The first kappa shape index (κ1) is 12.0. The van der Waals surface area contributed by atoms with E-state index in [0.717, 1.165) is 18.4 Å². The normalized spacial score (nSPS) is 18.5. The third-order valence-electron chi connectivity index (χ3n) is 3.50. The van der Waals surface area contributed by atoms with Crippen molar-refractivity contribution in [2.24, 2.45) is 11.8 Å². The number of hydrogen-bond donors (Lipinski definition) is 1. The van der Waals surface area contributed by atoms with E-state index in [1.54, 1.807) is 12.1 Å². The molecule has 0 amide bonds. The second-order valence-corrected chi connectivity index (χ2v) is 4.77. The molecule has 1 saturated carbocycles. The fourth-order valence-electron chi connectivity index (χ4n) is 2.49. The number of rotatable bonds is 4. The van der Waals surface area contributed by atoms with Gasteiger partial charge in [-0.3, -0.25) is 4.79 Å². The molecule has 2 rings (SSSR count). The number of hydrogen-bond acceptors (Lipinski definition) is 3. The van der Waals surface area contributed by atoms with Crippen LogP contribution >= 0.6 is 0 Å². The van der Waals surface area contributed by atoms with Crippen molar-refractivity contribution in [1.82, 2.24) is 0 Å². The second-order valence-electron chi connectivity index (χ2n) is 4.77. The zero-order valence-corrected chi connectivity index (χ0v) is 10.2. The lowest BCUT2D eigenvalue weighted by Gasteiger charge is -2.22. The first-order valence-corrected chi connectivity index (χ1v) is 6.00. The maximum atomic E-state index is 11.7. The molecule has 92 valence electrons. The molecule has 3 nitrogen and oxygen atoms in total. The Balaban J connectivity index is 2.26. The van der Waals surface area contributed by atoms with Crippen LogP contribution in [-0.4, -0.2) is 18.2 Å². The number of carbonyl (C=O) groups is 1. The largest absolute Gasteiger partial charge is 0.508 e. The van der Waals surface area contributed by atoms with Crippen molar-refractivity contribution >= 4 is 5.97 Å². The van der Waals surface area contributed by atoms with Crippen LogP contribution in [0.15, 0.2) is 24.3 Å². The Hall–Kier alpha value is -1.51. The maximum Gasteiger partial charge on any atom is 0.309 e. The second kappa shape index (κ2) is 4.78. The van der Waals surface area contributed by atoms with Gasteiger partial charge in [-0.25, -0.2) is 0 Å². The SMILES string of the molecule is COC(=O)C(C)[C@H](c1cccc(O)c1)C1CC1. The number of phenols is 1. The Morgan fingerprint density at radius 3 is 2.71 bits per heavy atom. The number of phenolic OH excluding ortho intramolecular Hbond substituents is 1. The number of ether oxygens (including phenoxy) is 1. The Labute approximate surface area is 101 Å². The van der Waals surface area contributed by atoms with E-state index in [0.29, 0.717) is 5.92 Å². The highest BCUT2D eigenvalue weighted by Gasteiger charge is 2.39. The summed E-state index contributed by atoms with van der Waals surface area (Å²) in [4.78, 5) is 11.7. The minimum atomic E-state index is -0.176. The van der Waals surface area contributed by atoms with E-state index >= 15 is 0 Å². The molecule has 0 saturated heterocycles.